The van der Waals surface area contributed by atoms with Gasteiger partial charge in [-0.25, -0.2) is 4.98 Å². The first-order valence-corrected chi connectivity index (χ1v) is 13.9. The quantitative estimate of drug-likeness (QED) is 0.0786. The highest BCUT2D eigenvalue weighted by Gasteiger charge is 2.13. The van der Waals surface area contributed by atoms with Crippen molar-refractivity contribution in [1.29, 1.82) is 0 Å². The Morgan fingerprint density at radius 2 is 1.60 bits per heavy atom. The van der Waals surface area contributed by atoms with E-state index in [9.17, 15) is 27.8 Å². The normalized spacial score (nSPS) is 11.5. The molecule has 0 spiro atoms. The predicted octanol–water partition coefficient (Wildman–Crippen LogP) is 2.19. The Hall–Kier alpha value is -4.24. The Morgan fingerprint density at radius 1 is 0.900 bits per heavy atom. The minimum atomic E-state index is -4.39. The third-order valence-corrected chi connectivity index (χ3v) is 6.46. The van der Waals surface area contributed by atoms with Crippen molar-refractivity contribution in [3.63, 3.8) is 0 Å². The molecule has 3 aromatic rings. The van der Waals surface area contributed by atoms with E-state index in [0.29, 0.717) is 62.4 Å². The van der Waals surface area contributed by atoms with Crippen LogP contribution in [0.15, 0.2) is 77.1 Å². The number of hydrogen-bond acceptors (Lipinski definition) is 10. The fraction of sp³-hybridized carbons (Fsp3) is 0.269. The smallest absolute Gasteiger partial charge is 0.295 e. The first-order valence-electron chi connectivity index (χ1n) is 12.5. The summed E-state index contributed by atoms with van der Waals surface area (Å²) in [6.07, 6.45) is 7.64. The van der Waals surface area contributed by atoms with Crippen molar-refractivity contribution >= 4 is 34.0 Å². The fourth-order valence-corrected chi connectivity index (χ4v) is 4.15. The van der Waals surface area contributed by atoms with Crippen molar-refractivity contribution in [2.45, 2.75) is 24.2 Å². The van der Waals surface area contributed by atoms with Gasteiger partial charge in [-0.3, -0.25) is 24.6 Å². The van der Waals surface area contributed by atoms with Gasteiger partial charge in [0.15, 0.2) is 0 Å². The maximum Gasteiger partial charge on any atom is 0.295 e. The third-order valence-electron chi connectivity index (χ3n) is 5.54. The molecule has 0 aliphatic rings. The van der Waals surface area contributed by atoms with Crippen molar-refractivity contribution in [3.05, 3.63) is 83.8 Å². The van der Waals surface area contributed by atoms with Crippen LogP contribution in [-0.2, 0) is 10.1 Å². The lowest BCUT2D eigenvalue weighted by molar-refractivity contribution is -0.0917. The summed E-state index contributed by atoms with van der Waals surface area (Å²) in [7, 11) is -4.39. The van der Waals surface area contributed by atoms with E-state index < -0.39 is 10.1 Å². The van der Waals surface area contributed by atoms with E-state index in [0.717, 1.165) is 0 Å². The van der Waals surface area contributed by atoms with Gasteiger partial charge in [0, 0.05) is 50.3 Å². The minimum Gasteiger partial charge on any atom is -0.352 e. The Kier molecular flexibility index (Phi) is 11.6. The van der Waals surface area contributed by atoms with Gasteiger partial charge in [-0.1, -0.05) is 18.2 Å². The summed E-state index contributed by atoms with van der Waals surface area (Å²) in [6, 6.07) is 12.3. The van der Waals surface area contributed by atoms with E-state index in [4.69, 9.17) is 0 Å². The molecule has 3 rings (SSSR count). The first-order chi connectivity index (χ1) is 19.2. The molecule has 0 saturated carbocycles. The number of amides is 2. The molecule has 212 valence electrons. The number of hydroxylamine groups is 2. The Morgan fingerprint density at radius 3 is 2.27 bits per heavy atom. The molecule has 40 heavy (non-hydrogen) atoms. The van der Waals surface area contributed by atoms with Crippen molar-refractivity contribution in [3.8, 4) is 0 Å². The topological polar surface area (TPSA) is 186 Å². The van der Waals surface area contributed by atoms with Gasteiger partial charge in [-0.05, 0) is 49.6 Å². The van der Waals surface area contributed by atoms with Crippen molar-refractivity contribution in [2.24, 2.45) is 5.10 Å². The zero-order valence-corrected chi connectivity index (χ0v) is 22.4. The van der Waals surface area contributed by atoms with Crippen LogP contribution in [0.3, 0.4) is 0 Å². The van der Waals surface area contributed by atoms with Gasteiger partial charge in [0.25, 0.3) is 21.9 Å². The summed E-state index contributed by atoms with van der Waals surface area (Å²) in [6.45, 7) is 1.67. The minimum absolute atomic E-state index is 0.181. The van der Waals surface area contributed by atoms with Crippen LogP contribution < -0.4 is 16.1 Å². The van der Waals surface area contributed by atoms with Crippen LogP contribution in [0.2, 0.25) is 0 Å². The van der Waals surface area contributed by atoms with Gasteiger partial charge in [-0.2, -0.15) is 18.6 Å². The van der Waals surface area contributed by atoms with Crippen LogP contribution in [0.1, 0.15) is 45.5 Å². The van der Waals surface area contributed by atoms with Crippen LogP contribution in [-0.4, -0.2) is 77.4 Å². The number of nitrogens with zero attached hydrogens (tertiary/aromatic N) is 4. The average Bonchev–Trinajstić information content (AvgIpc) is 2.95. The number of anilines is 1. The maximum atomic E-state index is 12.3. The number of aromatic nitrogens is 2. The lowest BCUT2D eigenvalue weighted by atomic mass is 10.2. The van der Waals surface area contributed by atoms with Gasteiger partial charge in [0.2, 0.25) is 0 Å². The Balaban J connectivity index is 1.30. The van der Waals surface area contributed by atoms with Crippen LogP contribution in [0, 0.1) is 0 Å². The number of hydrogen-bond donors (Lipinski definition) is 5. The second-order valence-corrected chi connectivity index (χ2v) is 9.97. The van der Waals surface area contributed by atoms with Crippen LogP contribution in [0.5, 0.6) is 0 Å². The molecule has 0 aliphatic carbocycles. The highest BCUT2D eigenvalue weighted by atomic mass is 32.2. The lowest BCUT2D eigenvalue weighted by Crippen LogP contribution is -2.29. The molecule has 13 nitrogen and oxygen atoms in total. The van der Waals surface area contributed by atoms with Gasteiger partial charge in [0.1, 0.15) is 10.7 Å². The highest BCUT2D eigenvalue weighted by molar-refractivity contribution is 7.86. The molecule has 5 N–H and O–H groups in total. The van der Waals surface area contributed by atoms with E-state index in [-0.39, 0.29) is 22.3 Å². The Bertz CT molecular complexity index is 1390. The summed E-state index contributed by atoms with van der Waals surface area (Å²) >= 11 is 0. The molecule has 0 aliphatic heterocycles. The second kappa shape index (κ2) is 15.4. The average molecular weight is 570 g/mol. The molecule has 0 fully saturated rings. The molecule has 0 radical (unpaired) electrons. The zero-order chi connectivity index (χ0) is 28.8. The molecule has 1 aromatic carbocycles. The number of nitrogens with one attached hydrogen (secondary N) is 3. The maximum absolute atomic E-state index is 12.3. The van der Waals surface area contributed by atoms with E-state index in [1.807, 2.05) is 0 Å². The van der Waals surface area contributed by atoms with Gasteiger partial charge >= 0.3 is 0 Å². The van der Waals surface area contributed by atoms with Crippen LogP contribution >= 0.6 is 0 Å². The van der Waals surface area contributed by atoms with Crippen LogP contribution in [0.4, 0.5) is 5.82 Å². The summed E-state index contributed by atoms with van der Waals surface area (Å²) in [4.78, 5) is 32.0. The number of carbonyl (C=O) groups is 2. The second-order valence-electron chi connectivity index (χ2n) is 8.58. The summed E-state index contributed by atoms with van der Waals surface area (Å²) in [5.74, 6) is -0.178. The fourth-order valence-electron chi connectivity index (χ4n) is 3.48. The molecule has 14 heteroatoms. The molecular formula is C26H31N7O6S. The highest BCUT2D eigenvalue weighted by Crippen LogP contribution is 2.13. The van der Waals surface area contributed by atoms with Crippen LogP contribution in [0.25, 0.3) is 0 Å². The SMILES string of the molecule is O=C(NCCCCN(O)CCCNC(=O)c1ccc(NN=Cc2ccccc2S(=O)(=O)O)nc1)c1cccnc1. The van der Waals surface area contributed by atoms with E-state index in [1.54, 1.807) is 30.5 Å². The lowest BCUT2D eigenvalue weighted by Gasteiger charge is -2.15. The number of rotatable bonds is 15. The summed E-state index contributed by atoms with van der Waals surface area (Å²) in [5, 5.41) is 20.7. The van der Waals surface area contributed by atoms with Crippen molar-refractivity contribution in [2.75, 3.05) is 31.6 Å². The molecule has 2 heterocycles. The molecule has 0 atom stereocenters. The van der Waals surface area contributed by atoms with Crippen molar-refractivity contribution < 1.29 is 27.8 Å². The number of benzene rings is 1. The molecule has 2 aromatic heterocycles. The number of carbonyl (C=O) groups excluding carboxylic acids is 2. The van der Waals surface area contributed by atoms with E-state index in [1.165, 1.54) is 47.9 Å². The molecule has 2 amide bonds. The Labute approximate surface area is 232 Å². The largest absolute Gasteiger partial charge is 0.352 e. The number of hydrazone groups is 1. The molecular weight excluding hydrogens is 538 g/mol. The predicted molar refractivity (Wildman–Crippen MR) is 148 cm³/mol. The zero-order valence-electron chi connectivity index (χ0n) is 21.6. The molecule has 0 saturated heterocycles. The monoisotopic (exact) mass is 569 g/mol. The standard InChI is InChI=1S/C26H31N7O6S/c34-25(21-8-5-12-27-17-21)28-13-3-4-15-33(36)16-6-14-29-26(35)22-10-11-24(30-18-22)32-31-19-20-7-1-2-9-23(20)40(37,38)39/h1-2,5,7-12,17-19,36H,3-4,6,13-16H2,(H,28,34)(H,29,35)(H,30,32)(H,37,38,39). The molecule has 0 unspecified atom stereocenters. The van der Waals surface area contributed by atoms with E-state index >= 15 is 0 Å². The summed E-state index contributed by atoms with van der Waals surface area (Å²) in [5.41, 5.74) is 3.67. The van der Waals surface area contributed by atoms with E-state index in [2.05, 4.69) is 31.1 Å². The number of unbranched alkanes of at least 4 members (excludes halogenated alkanes) is 1. The third kappa shape index (κ3) is 10.1. The first kappa shape index (κ1) is 30.3. The van der Waals surface area contributed by atoms with Gasteiger partial charge < -0.3 is 15.8 Å². The number of pyridine rings is 2. The summed E-state index contributed by atoms with van der Waals surface area (Å²) < 4.78 is 32.1. The van der Waals surface area contributed by atoms with Crippen molar-refractivity contribution in [1.82, 2.24) is 25.7 Å². The van der Waals surface area contributed by atoms with Gasteiger partial charge in [0.05, 0.1) is 17.3 Å². The van der Waals surface area contributed by atoms with Gasteiger partial charge in [-0.15, -0.1) is 0 Å². The molecule has 0 bridgehead atoms.